The maximum atomic E-state index is 12.4. The molecule has 2 saturated heterocycles. The van der Waals surface area contributed by atoms with Crippen molar-refractivity contribution in [1.29, 1.82) is 0 Å². The van der Waals surface area contributed by atoms with Crippen LogP contribution in [0.1, 0.15) is 33.6 Å². The number of ether oxygens (including phenoxy) is 3. The average molecular weight is 316 g/mol. The van der Waals surface area contributed by atoms with Crippen molar-refractivity contribution in [3.05, 3.63) is 0 Å². The van der Waals surface area contributed by atoms with Crippen molar-refractivity contribution >= 4 is 6.09 Å². The van der Waals surface area contributed by atoms with Gasteiger partial charge in [0.2, 0.25) is 0 Å². The first-order valence-electron chi connectivity index (χ1n) is 7.83. The SMILES string of the molecule is COCOCC(O)C1NCC2CCC1N2C(=O)OC(C)(C)C. The van der Waals surface area contributed by atoms with Crippen LogP contribution in [0.4, 0.5) is 4.79 Å². The molecule has 7 nitrogen and oxygen atoms in total. The lowest BCUT2D eigenvalue weighted by Crippen LogP contribution is -2.64. The first kappa shape index (κ1) is 17.5. The van der Waals surface area contributed by atoms with Crippen molar-refractivity contribution in [2.75, 3.05) is 27.1 Å². The first-order valence-corrected chi connectivity index (χ1v) is 7.83. The summed E-state index contributed by atoms with van der Waals surface area (Å²) < 4.78 is 15.6. The zero-order chi connectivity index (χ0) is 16.3. The monoisotopic (exact) mass is 316 g/mol. The highest BCUT2D eigenvalue weighted by Crippen LogP contribution is 2.32. The molecule has 0 aromatic carbocycles. The Balaban J connectivity index is 1.99. The molecule has 2 rings (SSSR count). The Bertz CT molecular complexity index is 385. The molecule has 2 N–H and O–H groups in total. The largest absolute Gasteiger partial charge is 0.444 e. The summed E-state index contributed by atoms with van der Waals surface area (Å²) in [6.07, 6.45) is 0.808. The number of amides is 1. The third kappa shape index (κ3) is 4.10. The van der Waals surface area contributed by atoms with E-state index in [9.17, 15) is 9.90 Å². The van der Waals surface area contributed by atoms with Crippen molar-refractivity contribution in [3.8, 4) is 0 Å². The number of nitrogens with one attached hydrogen (secondary N) is 1. The van der Waals surface area contributed by atoms with Gasteiger partial charge in [-0.1, -0.05) is 0 Å². The lowest BCUT2D eigenvalue weighted by Gasteiger charge is -2.42. The molecule has 2 bridgehead atoms. The molecule has 2 aliphatic rings. The smallest absolute Gasteiger partial charge is 0.410 e. The lowest BCUT2D eigenvalue weighted by molar-refractivity contribution is -0.0784. The van der Waals surface area contributed by atoms with Gasteiger partial charge in [0.25, 0.3) is 0 Å². The van der Waals surface area contributed by atoms with Crippen LogP contribution in [0.2, 0.25) is 0 Å². The summed E-state index contributed by atoms with van der Waals surface area (Å²) in [5.74, 6) is 0. The van der Waals surface area contributed by atoms with Gasteiger partial charge in [-0.05, 0) is 33.6 Å². The molecule has 0 aliphatic carbocycles. The summed E-state index contributed by atoms with van der Waals surface area (Å²) in [5, 5.41) is 13.7. The standard InChI is InChI=1S/C15H28N2O5/c1-15(2,3)22-14(19)17-10-5-6-11(17)13(16-7-10)12(18)8-21-9-20-4/h10-13,16,18H,5-9H2,1-4H3. The molecule has 4 atom stereocenters. The number of carbonyl (C=O) groups excluding carboxylic acids is 1. The highest BCUT2D eigenvalue weighted by atomic mass is 16.7. The van der Waals surface area contributed by atoms with Crippen LogP contribution in [0, 0.1) is 0 Å². The summed E-state index contributed by atoms with van der Waals surface area (Å²) in [6.45, 7) is 6.57. The minimum Gasteiger partial charge on any atom is -0.444 e. The predicted octanol–water partition coefficient (Wildman–Crippen LogP) is 0.708. The van der Waals surface area contributed by atoms with Crippen LogP contribution in [0.5, 0.6) is 0 Å². The molecule has 0 aromatic heterocycles. The maximum absolute atomic E-state index is 12.4. The molecule has 0 saturated carbocycles. The third-order valence-corrected chi connectivity index (χ3v) is 4.06. The van der Waals surface area contributed by atoms with E-state index in [0.717, 1.165) is 12.8 Å². The van der Waals surface area contributed by atoms with Crippen LogP contribution in [-0.4, -0.2) is 73.0 Å². The number of aliphatic hydroxyl groups is 1. The molecule has 0 radical (unpaired) electrons. The molecule has 7 heteroatoms. The molecule has 4 unspecified atom stereocenters. The van der Waals surface area contributed by atoms with Crippen LogP contribution in [0.25, 0.3) is 0 Å². The van der Waals surface area contributed by atoms with Gasteiger partial charge in [0, 0.05) is 19.7 Å². The molecule has 2 heterocycles. The van der Waals surface area contributed by atoms with E-state index in [4.69, 9.17) is 14.2 Å². The van der Waals surface area contributed by atoms with Crippen molar-refractivity contribution in [2.45, 2.75) is 63.4 Å². The van der Waals surface area contributed by atoms with Crippen molar-refractivity contribution < 1.29 is 24.1 Å². The molecule has 2 fully saturated rings. The number of aliphatic hydroxyl groups excluding tert-OH is 1. The van der Waals surface area contributed by atoms with Gasteiger partial charge in [-0.2, -0.15) is 0 Å². The highest BCUT2D eigenvalue weighted by molar-refractivity contribution is 5.70. The van der Waals surface area contributed by atoms with Crippen LogP contribution in [0.15, 0.2) is 0 Å². The van der Waals surface area contributed by atoms with Gasteiger partial charge >= 0.3 is 6.09 Å². The van der Waals surface area contributed by atoms with Gasteiger partial charge in [0.1, 0.15) is 12.4 Å². The van der Waals surface area contributed by atoms with Gasteiger partial charge in [-0.15, -0.1) is 0 Å². The molecule has 1 amide bonds. The Morgan fingerprint density at radius 1 is 1.41 bits per heavy atom. The second-order valence-corrected chi connectivity index (χ2v) is 6.96. The number of nitrogens with zero attached hydrogens (tertiary/aromatic N) is 1. The number of piperazine rings is 1. The number of carbonyl (C=O) groups is 1. The van der Waals surface area contributed by atoms with E-state index < -0.39 is 11.7 Å². The number of methoxy groups -OCH3 is 1. The third-order valence-electron chi connectivity index (χ3n) is 4.06. The van der Waals surface area contributed by atoms with Crippen molar-refractivity contribution in [2.24, 2.45) is 0 Å². The Hall–Kier alpha value is -0.890. The van der Waals surface area contributed by atoms with Crippen LogP contribution in [0.3, 0.4) is 0 Å². The van der Waals surface area contributed by atoms with E-state index in [1.54, 1.807) is 4.90 Å². The van der Waals surface area contributed by atoms with E-state index in [1.165, 1.54) is 7.11 Å². The molecule has 0 aromatic rings. The summed E-state index contributed by atoms with van der Waals surface area (Å²) in [7, 11) is 1.54. The van der Waals surface area contributed by atoms with Crippen LogP contribution in [-0.2, 0) is 14.2 Å². The zero-order valence-corrected chi connectivity index (χ0v) is 13.9. The fourth-order valence-corrected chi connectivity index (χ4v) is 3.22. The molecular formula is C15H28N2O5. The fraction of sp³-hybridized carbons (Fsp3) is 0.933. The summed E-state index contributed by atoms with van der Waals surface area (Å²) in [4.78, 5) is 14.2. The van der Waals surface area contributed by atoms with E-state index in [-0.39, 0.29) is 37.6 Å². The first-order chi connectivity index (χ1) is 10.3. The number of hydrogen-bond acceptors (Lipinski definition) is 6. The van der Waals surface area contributed by atoms with Gasteiger partial charge in [-0.25, -0.2) is 4.79 Å². The van der Waals surface area contributed by atoms with Crippen LogP contribution < -0.4 is 5.32 Å². The van der Waals surface area contributed by atoms with E-state index in [0.29, 0.717) is 6.54 Å². The zero-order valence-electron chi connectivity index (χ0n) is 13.9. The van der Waals surface area contributed by atoms with Crippen molar-refractivity contribution in [1.82, 2.24) is 10.2 Å². The summed E-state index contributed by atoms with van der Waals surface area (Å²) in [6, 6.07) is -0.124. The lowest BCUT2D eigenvalue weighted by atomic mass is 10.00. The fourth-order valence-electron chi connectivity index (χ4n) is 3.22. The molecule has 0 spiro atoms. The topological polar surface area (TPSA) is 80.3 Å². The number of hydrogen-bond donors (Lipinski definition) is 2. The predicted molar refractivity (Wildman–Crippen MR) is 80.5 cm³/mol. The van der Waals surface area contributed by atoms with E-state index in [1.807, 2.05) is 20.8 Å². The maximum Gasteiger partial charge on any atom is 0.410 e. The Morgan fingerprint density at radius 3 is 2.77 bits per heavy atom. The molecular weight excluding hydrogens is 288 g/mol. The quantitative estimate of drug-likeness (QED) is 0.574. The summed E-state index contributed by atoms with van der Waals surface area (Å²) >= 11 is 0. The Labute approximate surface area is 131 Å². The minimum absolute atomic E-state index is 0.0604. The second-order valence-electron chi connectivity index (χ2n) is 6.96. The molecule has 2 aliphatic heterocycles. The van der Waals surface area contributed by atoms with E-state index >= 15 is 0 Å². The second kappa shape index (κ2) is 7.12. The molecule has 128 valence electrons. The minimum atomic E-state index is -0.691. The van der Waals surface area contributed by atoms with Gasteiger partial charge in [0.15, 0.2) is 0 Å². The van der Waals surface area contributed by atoms with Crippen molar-refractivity contribution in [3.63, 3.8) is 0 Å². The van der Waals surface area contributed by atoms with Gasteiger partial charge in [0.05, 0.1) is 24.8 Å². The van der Waals surface area contributed by atoms with Gasteiger partial charge in [-0.3, -0.25) is 4.90 Å². The number of rotatable bonds is 5. The molecule has 22 heavy (non-hydrogen) atoms. The Morgan fingerprint density at radius 2 is 2.14 bits per heavy atom. The van der Waals surface area contributed by atoms with Crippen LogP contribution >= 0.6 is 0 Å². The average Bonchev–Trinajstić information content (AvgIpc) is 2.71. The Kier molecular flexibility index (Phi) is 5.65. The van der Waals surface area contributed by atoms with E-state index in [2.05, 4.69) is 5.32 Å². The number of fused-ring (bicyclic) bond motifs is 2. The summed E-state index contributed by atoms with van der Waals surface area (Å²) in [5.41, 5.74) is -0.517. The normalized spacial score (nSPS) is 29.5. The van der Waals surface area contributed by atoms with Gasteiger partial charge < -0.3 is 24.6 Å². The highest BCUT2D eigenvalue weighted by Gasteiger charge is 2.48.